The highest BCUT2D eigenvalue weighted by atomic mass is 35.5. The van der Waals surface area contributed by atoms with E-state index >= 15 is 0 Å². The van der Waals surface area contributed by atoms with Gasteiger partial charge in [0.05, 0.1) is 29.9 Å². The zero-order valence-corrected chi connectivity index (χ0v) is 19.8. The van der Waals surface area contributed by atoms with Crippen LogP contribution in [0, 0.1) is 6.92 Å². The first-order valence-electron chi connectivity index (χ1n) is 10.4. The Bertz CT molecular complexity index is 1070. The van der Waals surface area contributed by atoms with Gasteiger partial charge >= 0.3 is 0 Å². The third-order valence-electron chi connectivity index (χ3n) is 5.53. The number of aryl methyl sites for hydroxylation is 1. The summed E-state index contributed by atoms with van der Waals surface area (Å²) in [5.41, 5.74) is 2.62. The predicted octanol–water partition coefficient (Wildman–Crippen LogP) is 5.21. The summed E-state index contributed by atoms with van der Waals surface area (Å²) in [4.78, 5) is 22.3. The first-order chi connectivity index (χ1) is 15.0. The van der Waals surface area contributed by atoms with Gasteiger partial charge in [0, 0.05) is 36.2 Å². The summed E-state index contributed by atoms with van der Waals surface area (Å²) in [6.07, 6.45) is 1.11. The Labute approximate surface area is 196 Å². The molecule has 2 heterocycles. The molecule has 0 saturated carbocycles. The van der Waals surface area contributed by atoms with Crippen LogP contribution in [0.2, 0.25) is 10.0 Å². The van der Waals surface area contributed by atoms with Crippen LogP contribution < -0.4 is 4.90 Å². The molecule has 2 aromatic carbocycles. The molecule has 0 spiro atoms. The van der Waals surface area contributed by atoms with Crippen LogP contribution in [0.1, 0.15) is 17.5 Å². The summed E-state index contributed by atoms with van der Waals surface area (Å²) in [5, 5.41) is 2.00. The maximum atomic E-state index is 13.4. The summed E-state index contributed by atoms with van der Waals surface area (Å²) in [5.74, 6) is -0.00196. The fraction of sp³-hybridized carbons (Fsp3) is 0.391. The number of nitrogens with zero attached hydrogens (tertiary/aromatic N) is 3. The molecule has 0 atom stereocenters. The van der Waals surface area contributed by atoms with Crippen molar-refractivity contribution in [1.29, 1.82) is 0 Å². The van der Waals surface area contributed by atoms with E-state index in [9.17, 15) is 4.79 Å². The Morgan fingerprint density at radius 2 is 1.94 bits per heavy atom. The molecule has 1 aliphatic heterocycles. The number of morpholine rings is 1. The van der Waals surface area contributed by atoms with Crippen LogP contribution in [0.4, 0.5) is 5.13 Å². The number of carbonyl (C=O) groups excluding carboxylic acids is 1. The van der Waals surface area contributed by atoms with E-state index < -0.39 is 0 Å². The normalized spacial score (nSPS) is 14.8. The van der Waals surface area contributed by atoms with Crippen LogP contribution in [0.5, 0.6) is 0 Å². The smallest absolute Gasteiger partial charge is 0.233 e. The number of halogens is 2. The van der Waals surface area contributed by atoms with Gasteiger partial charge in [-0.05, 0) is 42.7 Å². The summed E-state index contributed by atoms with van der Waals surface area (Å²) in [6.45, 7) is 6.91. The maximum absolute atomic E-state index is 13.4. The largest absolute Gasteiger partial charge is 0.379 e. The number of anilines is 1. The molecule has 164 valence electrons. The van der Waals surface area contributed by atoms with E-state index in [1.165, 1.54) is 11.3 Å². The van der Waals surface area contributed by atoms with E-state index in [4.69, 9.17) is 32.9 Å². The van der Waals surface area contributed by atoms with Gasteiger partial charge in [-0.2, -0.15) is 0 Å². The van der Waals surface area contributed by atoms with Gasteiger partial charge in [-0.15, -0.1) is 0 Å². The standard InChI is InChI=1S/C23H25Cl2N3O2S/c1-16-18(24)7-8-20-22(16)26-23(31-20)28(10-4-9-27-11-13-30-14-12-27)21(29)15-17-5-2-3-6-19(17)25/h2-3,5-8H,4,9-15H2,1H3. The van der Waals surface area contributed by atoms with Crippen LogP contribution >= 0.6 is 34.5 Å². The van der Waals surface area contributed by atoms with E-state index in [0.717, 1.165) is 60.6 Å². The zero-order valence-electron chi connectivity index (χ0n) is 17.4. The predicted molar refractivity (Wildman–Crippen MR) is 129 cm³/mol. The first-order valence-corrected chi connectivity index (χ1v) is 12.0. The molecule has 1 amide bonds. The number of hydrogen-bond acceptors (Lipinski definition) is 5. The molecule has 8 heteroatoms. The van der Waals surface area contributed by atoms with Gasteiger partial charge < -0.3 is 4.74 Å². The number of rotatable bonds is 7. The zero-order chi connectivity index (χ0) is 21.8. The molecule has 0 aliphatic carbocycles. The molecular weight excluding hydrogens is 453 g/mol. The van der Waals surface area contributed by atoms with Gasteiger partial charge in [0.1, 0.15) is 0 Å². The molecule has 1 aromatic heterocycles. The Morgan fingerprint density at radius 3 is 2.71 bits per heavy atom. The lowest BCUT2D eigenvalue weighted by Gasteiger charge is -2.27. The molecule has 3 aromatic rings. The molecule has 0 radical (unpaired) electrons. The minimum atomic E-state index is -0.00196. The average Bonchev–Trinajstić information content (AvgIpc) is 3.21. The second-order valence-electron chi connectivity index (χ2n) is 7.64. The SMILES string of the molecule is Cc1c(Cl)ccc2sc(N(CCCN3CCOCC3)C(=O)Cc3ccccc3Cl)nc12. The second-order valence-corrected chi connectivity index (χ2v) is 9.46. The summed E-state index contributed by atoms with van der Waals surface area (Å²) in [6, 6.07) is 11.3. The van der Waals surface area contributed by atoms with Gasteiger partial charge in [0.15, 0.2) is 5.13 Å². The fourth-order valence-corrected chi connectivity index (χ4v) is 5.13. The number of amides is 1. The number of hydrogen-bond donors (Lipinski definition) is 0. The van der Waals surface area contributed by atoms with Crippen LogP contribution in [-0.2, 0) is 16.0 Å². The number of ether oxygens (including phenoxy) is 1. The molecule has 0 N–H and O–H groups in total. The number of carbonyl (C=O) groups is 1. The number of aromatic nitrogens is 1. The molecule has 0 unspecified atom stereocenters. The highest BCUT2D eigenvalue weighted by Crippen LogP contribution is 2.34. The van der Waals surface area contributed by atoms with Crippen molar-refractivity contribution in [3.63, 3.8) is 0 Å². The van der Waals surface area contributed by atoms with E-state index in [1.807, 2.05) is 48.2 Å². The lowest BCUT2D eigenvalue weighted by atomic mass is 10.1. The van der Waals surface area contributed by atoms with E-state index in [2.05, 4.69) is 4.90 Å². The fourth-order valence-electron chi connectivity index (χ4n) is 3.71. The highest BCUT2D eigenvalue weighted by molar-refractivity contribution is 7.22. The summed E-state index contributed by atoms with van der Waals surface area (Å²) >= 11 is 14.1. The minimum absolute atomic E-state index is 0.00196. The van der Waals surface area contributed by atoms with Gasteiger partial charge in [-0.1, -0.05) is 52.7 Å². The number of fused-ring (bicyclic) bond motifs is 1. The molecule has 5 nitrogen and oxygen atoms in total. The van der Waals surface area contributed by atoms with Gasteiger partial charge in [-0.3, -0.25) is 14.6 Å². The van der Waals surface area contributed by atoms with Crippen molar-refractivity contribution in [3.8, 4) is 0 Å². The van der Waals surface area contributed by atoms with Crippen molar-refractivity contribution < 1.29 is 9.53 Å². The number of benzene rings is 2. The summed E-state index contributed by atoms with van der Waals surface area (Å²) < 4.78 is 6.46. The lowest BCUT2D eigenvalue weighted by Crippen LogP contribution is -2.39. The van der Waals surface area contributed by atoms with Crippen molar-refractivity contribution in [3.05, 3.63) is 57.6 Å². The maximum Gasteiger partial charge on any atom is 0.233 e. The Balaban J connectivity index is 1.56. The first kappa shape index (κ1) is 22.5. The highest BCUT2D eigenvalue weighted by Gasteiger charge is 2.22. The molecule has 1 saturated heterocycles. The van der Waals surface area contributed by atoms with Crippen LogP contribution in [0.3, 0.4) is 0 Å². The van der Waals surface area contributed by atoms with E-state index in [-0.39, 0.29) is 12.3 Å². The minimum Gasteiger partial charge on any atom is -0.379 e. The third kappa shape index (κ3) is 5.38. The molecule has 0 bridgehead atoms. The third-order valence-corrected chi connectivity index (χ3v) is 7.35. The van der Waals surface area contributed by atoms with Gasteiger partial charge in [0.2, 0.25) is 5.91 Å². The van der Waals surface area contributed by atoms with Gasteiger partial charge in [-0.25, -0.2) is 4.98 Å². The van der Waals surface area contributed by atoms with Crippen LogP contribution in [-0.4, -0.2) is 55.2 Å². The summed E-state index contributed by atoms with van der Waals surface area (Å²) in [7, 11) is 0. The topological polar surface area (TPSA) is 45.7 Å². The van der Waals surface area contributed by atoms with Crippen LogP contribution in [0.15, 0.2) is 36.4 Å². The second kappa shape index (κ2) is 10.3. The molecule has 31 heavy (non-hydrogen) atoms. The van der Waals surface area contributed by atoms with Gasteiger partial charge in [0.25, 0.3) is 0 Å². The van der Waals surface area contributed by atoms with Crippen molar-refractivity contribution >= 4 is 55.8 Å². The van der Waals surface area contributed by atoms with Crippen molar-refractivity contribution in [1.82, 2.24) is 9.88 Å². The molecule has 1 fully saturated rings. The Morgan fingerprint density at radius 1 is 1.16 bits per heavy atom. The van der Waals surface area contributed by atoms with Crippen molar-refractivity contribution in [2.24, 2.45) is 0 Å². The lowest BCUT2D eigenvalue weighted by molar-refractivity contribution is -0.118. The Hall–Kier alpha value is -1.70. The monoisotopic (exact) mass is 477 g/mol. The molecular formula is C23H25Cl2N3O2S. The molecule has 1 aliphatic rings. The van der Waals surface area contributed by atoms with Crippen molar-refractivity contribution in [2.45, 2.75) is 19.8 Å². The Kier molecular flexibility index (Phi) is 7.46. The van der Waals surface area contributed by atoms with Crippen LogP contribution in [0.25, 0.3) is 10.2 Å². The van der Waals surface area contributed by atoms with E-state index in [0.29, 0.717) is 21.7 Å². The average molecular weight is 478 g/mol. The van der Waals surface area contributed by atoms with E-state index in [1.54, 1.807) is 0 Å². The number of thiazole rings is 1. The quantitative estimate of drug-likeness (QED) is 0.468. The molecule has 4 rings (SSSR count). The van der Waals surface area contributed by atoms with Crippen molar-refractivity contribution in [2.75, 3.05) is 44.3 Å².